The van der Waals surface area contributed by atoms with Crippen molar-refractivity contribution >= 4 is 22.6 Å². The van der Waals surface area contributed by atoms with Gasteiger partial charge < -0.3 is 9.15 Å². The number of methoxy groups -OCH3 is 1. The number of hydrogen-bond donors (Lipinski definition) is 0. The van der Waals surface area contributed by atoms with Crippen LogP contribution in [0.3, 0.4) is 0 Å². The molecule has 0 saturated heterocycles. The summed E-state index contributed by atoms with van der Waals surface area (Å²) in [5.41, 5.74) is 0.649. The SMILES string of the molecule is COc1ccc2cc(C(=O)/C=C\c3ccco3)ccc2c1. The zero-order chi connectivity index (χ0) is 14.7. The molecule has 0 aliphatic carbocycles. The summed E-state index contributed by atoms with van der Waals surface area (Å²) < 4.78 is 10.4. The normalized spacial score (nSPS) is 11.1. The van der Waals surface area contributed by atoms with Gasteiger partial charge in [0.25, 0.3) is 0 Å². The van der Waals surface area contributed by atoms with Gasteiger partial charge in [0.2, 0.25) is 0 Å². The average Bonchev–Trinajstić information content (AvgIpc) is 3.05. The van der Waals surface area contributed by atoms with Crippen molar-refractivity contribution in [2.75, 3.05) is 7.11 Å². The molecular formula is C18H14O3. The van der Waals surface area contributed by atoms with E-state index in [1.165, 1.54) is 6.08 Å². The maximum absolute atomic E-state index is 12.2. The van der Waals surface area contributed by atoms with Crippen molar-refractivity contribution in [3.8, 4) is 5.75 Å². The number of allylic oxidation sites excluding steroid dienone is 1. The predicted octanol–water partition coefficient (Wildman–Crippen LogP) is 4.34. The molecule has 3 nitrogen and oxygen atoms in total. The topological polar surface area (TPSA) is 39.4 Å². The van der Waals surface area contributed by atoms with E-state index in [0.717, 1.165) is 16.5 Å². The van der Waals surface area contributed by atoms with Crippen molar-refractivity contribution in [1.82, 2.24) is 0 Å². The molecule has 0 aliphatic rings. The number of furan rings is 1. The molecule has 0 spiro atoms. The van der Waals surface area contributed by atoms with Gasteiger partial charge in [-0.3, -0.25) is 4.79 Å². The van der Waals surface area contributed by atoms with E-state index in [9.17, 15) is 4.79 Å². The van der Waals surface area contributed by atoms with Gasteiger partial charge in [-0.15, -0.1) is 0 Å². The van der Waals surface area contributed by atoms with Crippen molar-refractivity contribution in [1.29, 1.82) is 0 Å². The maximum Gasteiger partial charge on any atom is 0.185 e. The third kappa shape index (κ3) is 2.87. The molecule has 3 rings (SSSR count). The van der Waals surface area contributed by atoms with E-state index >= 15 is 0 Å². The quantitative estimate of drug-likeness (QED) is 0.526. The minimum absolute atomic E-state index is 0.0517. The lowest BCUT2D eigenvalue weighted by atomic mass is 10.0. The van der Waals surface area contributed by atoms with Crippen LogP contribution in [0.4, 0.5) is 0 Å². The Morgan fingerprint density at radius 3 is 2.67 bits per heavy atom. The molecule has 3 heteroatoms. The number of hydrogen-bond acceptors (Lipinski definition) is 3. The fourth-order valence-corrected chi connectivity index (χ4v) is 2.14. The second-order valence-electron chi connectivity index (χ2n) is 4.64. The fraction of sp³-hybridized carbons (Fsp3) is 0.0556. The highest BCUT2D eigenvalue weighted by Gasteiger charge is 2.04. The summed E-state index contributed by atoms with van der Waals surface area (Å²) in [5.74, 6) is 1.41. The Kier molecular flexibility index (Phi) is 3.56. The van der Waals surface area contributed by atoms with Crippen LogP contribution < -0.4 is 4.74 Å². The van der Waals surface area contributed by atoms with Crippen molar-refractivity contribution in [2.24, 2.45) is 0 Å². The highest BCUT2D eigenvalue weighted by molar-refractivity contribution is 6.08. The molecule has 1 heterocycles. The van der Waals surface area contributed by atoms with Gasteiger partial charge in [0.15, 0.2) is 5.78 Å². The predicted molar refractivity (Wildman–Crippen MR) is 82.6 cm³/mol. The molecule has 0 atom stereocenters. The van der Waals surface area contributed by atoms with Crippen LogP contribution in [0.1, 0.15) is 16.1 Å². The number of rotatable bonds is 4. The number of benzene rings is 2. The fourth-order valence-electron chi connectivity index (χ4n) is 2.14. The molecule has 0 aliphatic heterocycles. The summed E-state index contributed by atoms with van der Waals surface area (Å²) in [7, 11) is 1.64. The van der Waals surface area contributed by atoms with Gasteiger partial charge in [-0.05, 0) is 53.3 Å². The van der Waals surface area contributed by atoms with Gasteiger partial charge in [-0.2, -0.15) is 0 Å². The molecule has 0 N–H and O–H groups in total. The lowest BCUT2D eigenvalue weighted by Gasteiger charge is -2.04. The lowest BCUT2D eigenvalue weighted by molar-refractivity contribution is 0.104. The van der Waals surface area contributed by atoms with Crippen molar-refractivity contribution < 1.29 is 13.9 Å². The monoisotopic (exact) mass is 278 g/mol. The third-order valence-electron chi connectivity index (χ3n) is 3.27. The van der Waals surface area contributed by atoms with E-state index in [2.05, 4.69) is 0 Å². The van der Waals surface area contributed by atoms with Crippen LogP contribution in [0.2, 0.25) is 0 Å². The number of carbonyl (C=O) groups is 1. The molecule has 0 amide bonds. The summed E-state index contributed by atoms with van der Waals surface area (Å²) in [6.45, 7) is 0. The van der Waals surface area contributed by atoms with Crippen LogP contribution in [0.5, 0.6) is 5.75 Å². The Bertz CT molecular complexity index is 798. The van der Waals surface area contributed by atoms with Crippen LogP contribution in [-0.4, -0.2) is 12.9 Å². The van der Waals surface area contributed by atoms with Crippen LogP contribution in [-0.2, 0) is 0 Å². The molecule has 0 fully saturated rings. The highest BCUT2D eigenvalue weighted by atomic mass is 16.5. The summed E-state index contributed by atoms with van der Waals surface area (Å²) in [6.07, 6.45) is 4.76. The van der Waals surface area contributed by atoms with Crippen molar-refractivity contribution in [3.63, 3.8) is 0 Å². The Balaban J connectivity index is 1.88. The van der Waals surface area contributed by atoms with Crippen LogP contribution in [0, 0.1) is 0 Å². The summed E-state index contributed by atoms with van der Waals surface area (Å²) in [5, 5.41) is 2.05. The molecule has 0 radical (unpaired) electrons. The van der Waals surface area contributed by atoms with Crippen LogP contribution >= 0.6 is 0 Å². The summed E-state index contributed by atoms with van der Waals surface area (Å²) >= 11 is 0. The van der Waals surface area contributed by atoms with E-state index in [1.54, 1.807) is 31.6 Å². The zero-order valence-corrected chi connectivity index (χ0v) is 11.6. The molecule has 21 heavy (non-hydrogen) atoms. The molecular weight excluding hydrogens is 264 g/mol. The van der Waals surface area contributed by atoms with E-state index < -0.39 is 0 Å². The van der Waals surface area contributed by atoms with E-state index in [0.29, 0.717) is 11.3 Å². The number of carbonyl (C=O) groups excluding carboxylic acids is 1. The second-order valence-corrected chi connectivity index (χ2v) is 4.64. The molecule has 104 valence electrons. The summed E-state index contributed by atoms with van der Waals surface area (Å²) in [6, 6.07) is 15.0. The van der Waals surface area contributed by atoms with E-state index in [1.807, 2.05) is 36.4 Å². The Hall–Kier alpha value is -2.81. The number of ether oxygens (including phenoxy) is 1. The first-order chi connectivity index (χ1) is 10.3. The number of fused-ring (bicyclic) bond motifs is 1. The van der Waals surface area contributed by atoms with Crippen LogP contribution in [0.15, 0.2) is 65.3 Å². The zero-order valence-electron chi connectivity index (χ0n) is 11.6. The average molecular weight is 278 g/mol. The first-order valence-electron chi connectivity index (χ1n) is 6.60. The van der Waals surface area contributed by atoms with Crippen molar-refractivity contribution in [3.05, 3.63) is 72.2 Å². The van der Waals surface area contributed by atoms with E-state index in [-0.39, 0.29) is 5.78 Å². The Morgan fingerprint density at radius 2 is 1.90 bits per heavy atom. The maximum atomic E-state index is 12.2. The molecule has 1 aromatic heterocycles. The smallest absolute Gasteiger partial charge is 0.185 e. The molecule has 2 aromatic carbocycles. The van der Waals surface area contributed by atoms with Crippen molar-refractivity contribution in [2.45, 2.75) is 0 Å². The van der Waals surface area contributed by atoms with E-state index in [4.69, 9.17) is 9.15 Å². The second kappa shape index (κ2) is 5.67. The first-order valence-corrected chi connectivity index (χ1v) is 6.60. The van der Waals surface area contributed by atoms with Gasteiger partial charge in [0, 0.05) is 5.56 Å². The molecule has 0 bridgehead atoms. The van der Waals surface area contributed by atoms with Gasteiger partial charge in [0.05, 0.1) is 13.4 Å². The minimum Gasteiger partial charge on any atom is -0.497 e. The first kappa shape index (κ1) is 13.2. The lowest BCUT2D eigenvalue weighted by Crippen LogP contribution is -1.94. The molecule has 3 aromatic rings. The largest absolute Gasteiger partial charge is 0.497 e. The Labute approximate surface area is 122 Å². The standard InChI is InChI=1S/C18H14O3/c1-20-17-7-6-13-11-15(5-4-14(13)12-17)18(19)9-8-16-3-2-10-21-16/h2-12H,1H3/b9-8-. The van der Waals surface area contributed by atoms with Crippen LogP contribution in [0.25, 0.3) is 16.8 Å². The highest BCUT2D eigenvalue weighted by Crippen LogP contribution is 2.22. The minimum atomic E-state index is -0.0517. The Morgan fingerprint density at radius 1 is 1.10 bits per heavy atom. The third-order valence-corrected chi connectivity index (χ3v) is 3.27. The van der Waals surface area contributed by atoms with Gasteiger partial charge >= 0.3 is 0 Å². The molecule has 0 unspecified atom stereocenters. The molecule has 0 saturated carbocycles. The van der Waals surface area contributed by atoms with Gasteiger partial charge in [-0.25, -0.2) is 0 Å². The number of ketones is 1. The van der Waals surface area contributed by atoms with Gasteiger partial charge in [0.1, 0.15) is 11.5 Å². The summed E-state index contributed by atoms with van der Waals surface area (Å²) in [4.78, 5) is 12.2. The van der Waals surface area contributed by atoms with Gasteiger partial charge in [-0.1, -0.05) is 18.2 Å².